The molecule has 6 heteroatoms. The Balaban J connectivity index is 1.47. The summed E-state index contributed by atoms with van der Waals surface area (Å²) in [7, 11) is 0. The average Bonchev–Trinajstić information content (AvgIpc) is 2.91. The Hall–Kier alpha value is -1.43. The summed E-state index contributed by atoms with van der Waals surface area (Å²) in [5, 5.41) is 4.45. The third kappa shape index (κ3) is 4.56. The number of hydrogen-bond acceptors (Lipinski definition) is 4. The van der Waals surface area contributed by atoms with E-state index < -0.39 is 0 Å². The van der Waals surface area contributed by atoms with Crippen LogP contribution in [-0.4, -0.2) is 51.4 Å². The van der Waals surface area contributed by atoms with Crippen LogP contribution in [0.25, 0.3) is 0 Å². The molecule has 1 aliphatic heterocycles. The lowest BCUT2D eigenvalue weighted by Crippen LogP contribution is -2.43. The Labute approximate surface area is 144 Å². The first-order valence-electron chi connectivity index (χ1n) is 9.39. The average molecular weight is 334 g/mol. The number of aromatic nitrogens is 3. The van der Waals surface area contributed by atoms with Crippen molar-refractivity contribution in [2.75, 3.05) is 19.7 Å². The Morgan fingerprint density at radius 1 is 1.17 bits per heavy atom. The van der Waals surface area contributed by atoms with E-state index in [4.69, 9.17) is 4.74 Å². The topological polar surface area (TPSA) is 60.2 Å². The van der Waals surface area contributed by atoms with Crippen molar-refractivity contribution in [3.05, 3.63) is 11.6 Å². The lowest BCUT2D eigenvalue weighted by Gasteiger charge is -2.33. The van der Waals surface area contributed by atoms with Gasteiger partial charge in [-0.1, -0.05) is 19.3 Å². The van der Waals surface area contributed by atoms with Gasteiger partial charge in [0.1, 0.15) is 18.3 Å². The lowest BCUT2D eigenvalue weighted by molar-refractivity contribution is -0.140. The molecule has 1 aliphatic carbocycles. The summed E-state index contributed by atoms with van der Waals surface area (Å²) in [6.45, 7) is 6.68. The third-order valence-electron chi connectivity index (χ3n) is 5.26. The number of nitrogens with zero attached hydrogens (tertiary/aromatic N) is 4. The standard InChI is InChI=1S/C18H30N4O2/c1-14-19-15(2)22(20-14)12-16-7-6-10-21(11-16)18(23)13-24-17-8-4-3-5-9-17/h16-17H,3-13H2,1-2H3. The zero-order valence-electron chi connectivity index (χ0n) is 15.0. The van der Waals surface area contributed by atoms with E-state index in [0.717, 1.165) is 57.0 Å². The molecule has 0 aromatic carbocycles. The van der Waals surface area contributed by atoms with Crippen molar-refractivity contribution < 1.29 is 9.53 Å². The van der Waals surface area contributed by atoms with Gasteiger partial charge in [0, 0.05) is 19.6 Å². The second-order valence-corrected chi connectivity index (χ2v) is 7.31. The second-order valence-electron chi connectivity index (χ2n) is 7.31. The van der Waals surface area contributed by atoms with Crippen molar-refractivity contribution in [3.63, 3.8) is 0 Å². The zero-order chi connectivity index (χ0) is 16.9. The van der Waals surface area contributed by atoms with Crippen molar-refractivity contribution in [2.45, 2.75) is 71.4 Å². The van der Waals surface area contributed by atoms with Gasteiger partial charge in [0.15, 0.2) is 0 Å². The van der Waals surface area contributed by atoms with Gasteiger partial charge in [0.05, 0.1) is 6.10 Å². The smallest absolute Gasteiger partial charge is 0.248 e. The van der Waals surface area contributed by atoms with Gasteiger partial charge in [-0.2, -0.15) is 5.10 Å². The first-order valence-corrected chi connectivity index (χ1v) is 9.39. The number of amides is 1. The summed E-state index contributed by atoms with van der Waals surface area (Å²) in [5.74, 6) is 2.38. The fourth-order valence-electron chi connectivity index (χ4n) is 3.93. The highest BCUT2D eigenvalue weighted by Crippen LogP contribution is 2.22. The molecule has 0 N–H and O–H groups in total. The van der Waals surface area contributed by atoms with Gasteiger partial charge in [0.25, 0.3) is 0 Å². The van der Waals surface area contributed by atoms with Crippen LogP contribution in [-0.2, 0) is 16.1 Å². The highest BCUT2D eigenvalue weighted by molar-refractivity contribution is 5.77. The summed E-state index contributed by atoms with van der Waals surface area (Å²) < 4.78 is 7.83. The van der Waals surface area contributed by atoms with Gasteiger partial charge in [0.2, 0.25) is 5.91 Å². The van der Waals surface area contributed by atoms with E-state index in [9.17, 15) is 4.79 Å². The van der Waals surface area contributed by atoms with Crippen LogP contribution in [0.3, 0.4) is 0 Å². The van der Waals surface area contributed by atoms with Gasteiger partial charge >= 0.3 is 0 Å². The van der Waals surface area contributed by atoms with Gasteiger partial charge in [-0.25, -0.2) is 9.67 Å². The Kier molecular flexibility index (Phi) is 5.87. The minimum Gasteiger partial charge on any atom is -0.368 e. The highest BCUT2D eigenvalue weighted by Gasteiger charge is 2.25. The molecular weight excluding hydrogens is 304 g/mol. The molecular formula is C18H30N4O2. The summed E-state index contributed by atoms with van der Waals surface area (Å²) >= 11 is 0. The van der Waals surface area contributed by atoms with E-state index in [1.807, 2.05) is 23.4 Å². The van der Waals surface area contributed by atoms with Gasteiger partial charge < -0.3 is 9.64 Å². The number of hydrogen-bond donors (Lipinski definition) is 0. The normalized spacial score (nSPS) is 22.8. The van der Waals surface area contributed by atoms with Crippen LogP contribution in [0, 0.1) is 19.8 Å². The molecule has 1 aromatic rings. The summed E-state index contributed by atoms with van der Waals surface area (Å²) in [5.41, 5.74) is 0. The number of likely N-dealkylation sites (tertiary alicyclic amines) is 1. The number of carbonyl (C=O) groups is 1. The fraction of sp³-hybridized carbons (Fsp3) is 0.833. The molecule has 2 heterocycles. The van der Waals surface area contributed by atoms with Crippen molar-refractivity contribution in [1.29, 1.82) is 0 Å². The van der Waals surface area contributed by atoms with Crippen LogP contribution >= 0.6 is 0 Å². The quantitative estimate of drug-likeness (QED) is 0.830. The first-order chi connectivity index (χ1) is 11.6. The van der Waals surface area contributed by atoms with Gasteiger partial charge in [-0.15, -0.1) is 0 Å². The van der Waals surface area contributed by atoms with E-state index in [1.54, 1.807) is 0 Å². The number of rotatable bonds is 5. The molecule has 1 unspecified atom stereocenters. The maximum Gasteiger partial charge on any atom is 0.248 e. The zero-order valence-corrected chi connectivity index (χ0v) is 15.0. The predicted octanol–water partition coefficient (Wildman–Crippen LogP) is 2.48. The SMILES string of the molecule is Cc1nc(C)n(CC2CCCN(C(=O)COC3CCCCC3)C2)n1. The van der Waals surface area contributed by atoms with Crippen LogP contribution in [0.1, 0.15) is 56.6 Å². The molecule has 0 bridgehead atoms. The van der Waals surface area contributed by atoms with E-state index in [1.165, 1.54) is 19.3 Å². The second kappa shape index (κ2) is 8.10. The molecule has 1 saturated heterocycles. The number of piperidine rings is 1. The molecule has 6 nitrogen and oxygen atoms in total. The molecule has 0 radical (unpaired) electrons. The van der Waals surface area contributed by atoms with Gasteiger partial charge in [-0.05, 0) is 45.4 Å². The number of aryl methyl sites for hydroxylation is 2. The van der Waals surface area contributed by atoms with Crippen LogP contribution in [0.4, 0.5) is 0 Å². The van der Waals surface area contributed by atoms with E-state index in [2.05, 4.69) is 10.1 Å². The molecule has 3 rings (SSSR count). The molecule has 1 atom stereocenters. The molecule has 0 spiro atoms. The minimum absolute atomic E-state index is 0.150. The highest BCUT2D eigenvalue weighted by atomic mass is 16.5. The van der Waals surface area contributed by atoms with Crippen molar-refractivity contribution in [2.24, 2.45) is 5.92 Å². The van der Waals surface area contributed by atoms with Gasteiger partial charge in [-0.3, -0.25) is 4.79 Å². The third-order valence-corrected chi connectivity index (χ3v) is 5.26. The molecule has 24 heavy (non-hydrogen) atoms. The largest absolute Gasteiger partial charge is 0.368 e. The molecule has 1 amide bonds. The molecule has 1 saturated carbocycles. The number of carbonyl (C=O) groups excluding carboxylic acids is 1. The predicted molar refractivity (Wildman–Crippen MR) is 91.6 cm³/mol. The van der Waals surface area contributed by atoms with E-state index in [0.29, 0.717) is 12.0 Å². The molecule has 1 aromatic heterocycles. The van der Waals surface area contributed by atoms with Crippen molar-refractivity contribution in [3.8, 4) is 0 Å². The molecule has 2 fully saturated rings. The van der Waals surface area contributed by atoms with Crippen LogP contribution in [0.15, 0.2) is 0 Å². The van der Waals surface area contributed by atoms with E-state index in [-0.39, 0.29) is 12.5 Å². The molecule has 134 valence electrons. The monoisotopic (exact) mass is 334 g/mol. The minimum atomic E-state index is 0.150. The Morgan fingerprint density at radius 3 is 2.67 bits per heavy atom. The van der Waals surface area contributed by atoms with Crippen LogP contribution in [0.5, 0.6) is 0 Å². The van der Waals surface area contributed by atoms with Crippen LogP contribution in [0.2, 0.25) is 0 Å². The maximum atomic E-state index is 12.5. The maximum absolute atomic E-state index is 12.5. The Morgan fingerprint density at radius 2 is 1.96 bits per heavy atom. The summed E-state index contributed by atoms with van der Waals surface area (Å²) in [4.78, 5) is 18.8. The first kappa shape index (κ1) is 17.4. The van der Waals surface area contributed by atoms with Crippen molar-refractivity contribution >= 4 is 5.91 Å². The number of ether oxygens (including phenoxy) is 1. The summed E-state index contributed by atoms with van der Waals surface area (Å²) in [6, 6.07) is 0. The van der Waals surface area contributed by atoms with Crippen LogP contribution < -0.4 is 0 Å². The summed E-state index contributed by atoms with van der Waals surface area (Å²) in [6.07, 6.45) is 8.51. The fourth-order valence-corrected chi connectivity index (χ4v) is 3.93. The molecule has 2 aliphatic rings. The lowest BCUT2D eigenvalue weighted by atomic mass is 9.97. The Bertz CT molecular complexity index is 551. The van der Waals surface area contributed by atoms with Crippen molar-refractivity contribution in [1.82, 2.24) is 19.7 Å². The van der Waals surface area contributed by atoms with E-state index >= 15 is 0 Å².